The molecule has 2 aromatic heterocycles. The number of fused-ring (bicyclic) bond motifs is 1. The summed E-state index contributed by atoms with van der Waals surface area (Å²) in [4.78, 5) is 17.9. The molecule has 31 heavy (non-hydrogen) atoms. The Labute approximate surface area is 192 Å². The average molecular weight is 500 g/mol. The summed E-state index contributed by atoms with van der Waals surface area (Å²) in [7, 11) is 1.61. The van der Waals surface area contributed by atoms with Crippen LogP contribution in [0.4, 0.5) is 0 Å². The largest absolute Gasteiger partial charge is 0.493 e. The van der Waals surface area contributed by atoms with Gasteiger partial charge in [0.15, 0.2) is 17.3 Å². The Morgan fingerprint density at radius 1 is 1.16 bits per heavy atom. The quantitative estimate of drug-likeness (QED) is 0.372. The van der Waals surface area contributed by atoms with Crippen molar-refractivity contribution in [2.24, 2.45) is 5.92 Å². The number of thiazole rings is 1. The van der Waals surface area contributed by atoms with Gasteiger partial charge in [-0.25, -0.2) is 0 Å². The van der Waals surface area contributed by atoms with Crippen LogP contribution in [0.2, 0.25) is 0 Å². The lowest BCUT2D eigenvalue weighted by Crippen LogP contribution is -2.23. The van der Waals surface area contributed by atoms with Crippen LogP contribution in [0.25, 0.3) is 22.4 Å². The highest BCUT2D eigenvalue weighted by Crippen LogP contribution is 2.28. The summed E-state index contributed by atoms with van der Waals surface area (Å²) in [6.07, 6.45) is 2.80. The van der Waals surface area contributed by atoms with Gasteiger partial charge in [0.2, 0.25) is 4.96 Å². The van der Waals surface area contributed by atoms with Crippen molar-refractivity contribution in [1.82, 2.24) is 14.6 Å². The van der Waals surface area contributed by atoms with Gasteiger partial charge in [-0.15, -0.1) is 5.10 Å². The number of benzene rings is 2. The normalized spacial score (nSPS) is 12.1. The number of aromatic nitrogens is 3. The molecule has 0 aliphatic rings. The van der Waals surface area contributed by atoms with E-state index in [0.29, 0.717) is 39.3 Å². The zero-order chi connectivity index (χ0) is 22.0. The summed E-state index contributed by atoms with van der Waals surface area (Å²) in [6.45, 7) is 4.96. The third-order valence-electron chi connectivity index (χ3n) is 4.72. The van der Waals surface area contributed by atoms with E-state index in [1.807, 2.05) is 48.5 Å². The minimum atomic E-state index is -0.188. The molecule has 2 aromatic carbocycles. The Bertz CT molecular complexity index is 1310. The van der Waals surface area contributed by atoms with Crippen LogP contribution in [-0.4, -0.2) is 28.3 Å². The Hall–Kier alpha value is -2.71. The number of hydrogen-bond donors (Lipinski definition) is 0. The topological polar surface area (TPSA) is 65.7 Å². The summed E-state index contributed by atoms with van der Waals surface area (Å²) in [5.41, 5.74) is 1.52. The molecule has 2 heterocycles. The van der Waals surface area contributed by atoms with E-state index in [1.165, 1.54) is 15.9 Å². The zero-order valence-electron chi connectivity index (χ0n) is 17.5. The van der Waals surface area contributed by atoms with Gasteiger partial charge in [-0.3, -0.25) is 4.79 Å². The molecule has 0 saturated carbocycles. The van der Waals surface area contributed by atoms with Gasteiger partial charge >= 0.3 is 0 Å². The van der Waals surface area contributed by atoms with Crippen molar-refractivity contribution >= 4 is 38.3 Å². The van der Waals surface area contributed by atoms with E-state index in [-0.39, 0.29) is 5.56 Å². The highest BCUT2D eigenvalue weighted by Gasteiger charge is 2.12. The number of nitrogens with zero attached hydrogens (tertiary/aromatic N) is 3. The van der Waals surface area contributed by atoms with Crippen LogP contribution >= 0.6 is 27.3 Å². The first-order chi connectivity index (χ1) is 14.9. The Morgan fingerprint density at radius 2 is 1.94 bits per heavy atom. The van der Waals surface area contributed by atoms with Crippen LogP contribution in [0.15, 0.2) is 51.7 Å². The van der Waals surface area contributed by atoms with E-state index in [0.717, 1.165) is 22.0 Å². The maximum Gasteiger partial charge on any atom is 0.291 e. The molecule has 0 amide bonds. The molecule has 0 spiro atoms. The SMILES string of the molecule is COc1cc(C=c2sc3nc(-c4ccc(Br)cc4)nn3c2=O)ccc1OCCC(C)C. The third-order valence-corrected chi connectivity index (χ3v) is 6.21. The first-order valence-electron chi connectivity index (χ1n) is 9.92. The van der Waals surface area contributed by atoms with Crippen LogP contribution < -0.4 is 19.6 Å². The fourth-order valence-electron chi connectivity index (χ4n) is 3.00. The second-order valence-corrected chi connectivity index (χ2v) is 9.42. The van der Waals surface area contributed by atoms with Gasteiger partial charge in [0.05, 0.1) is 18.2 Å². The van der Waals surface area contributed by atoms with E-state index in [1.54, 1.807) is 7.11 Å². The van der Waals surface area contributed by atoms with Gasteiger partial charge in [-0.1, -0.05) is 59.3 Å². The molecule has 0 bridgehead atoms. The minimum Gasteiger partial charge on any atom is -0.493 e. The van der Waals surface area contributed by atoms with Gasteiger partial charge < -0.3 is 9.47 Å². The Kier molecular flexibility index (Phi) is 6.38. The molecule has 160 valence electrons. The first kappa shape index (κ1) is 21.5. The van der Waals surface area contributed by atoms with Crippen LogP contribution in [0.3, 0.4) is 0 Å². The van der Waals surface area contributed by atoms with Crippen molar-refractivity contribution in [3.05, 3.63) is 67.4 Å². The highest BCUT2D eigenvalue weighted by atomic mass is 79.9. The van der Waals surface area contributed by atoms with E-state index >= 15 is 0 Å². The summed E-state index contributed by atoms with van der Waals surface area (Å²) in [5, 5.41) is 4.39. The smallest absolute Gasteiger partial charge is 0.291 e. The summed E-state index contributed by atoms with van der Waals surface area (Å²) < 4.78 is 14.2. The number of rotatable bonds is 7. The molecule has 0 fully saturated rings. The molecule has 4 aromatic rings. The summed E-state index contributed by atoms with van der Waals surface area (Å²) in [6, 6.07) is 13.3. The molecular formula is C23H22BrN3O3S. The van der Waals surface area contributed by atoms with Gasteiger partial charge in [-0.2, -0.15) is 9.50 Å². The van der Waals surface area contributed by atoms with Crippen molar-refractivity contribution in [2.45, 2.75) is 20.3 Å². The lowest BCUT2D eigenvalue weighted by atomic mass is 10.1. The maximum atomic E-state index is 12.8. The summed E-state index contributed by atoms with van der Waals surface area (Å²) in [5.74, 6) is 2.45. The van der Waals surface area contributed by atoms with Gasteiger partial charge in [0.1, 0.15) is 0 Å². The lowest BCUT2D eigenvalue weighted by Gasteiger charge is -2.12. The van der Waals surface area contributed by atoms with Crippen molar-refractivity contribution in [1.29, 1.82) is 0 Å². The van der Waals surface area contributed by atoms with Gasteiger partial charge in [0.25, 0.3) is 5.56 Å². The molecule has 4 rings (SSSR count). The van der Waals surface area contributed by atoms with Crippen LogP contribution in [0.1, 0.15) is 25.8 Å². The van der Waals surface area contributed by atoms with E-state index in [9.17, 15) is 4.79 Å². The van der Waals surface area contributed by atoms with E-state index < -0.39 is 0 Å². The predicted octanol–water partition coefficient (Wildman–Crippen LogP) is 4.56. The molecule has 0 radical (unpaired) electrons. The standard InChI is InChI=1S/C23H22BrN3O3S/c1-14(2)10-11-30-18-9-4-15(12-19(18)29-3)13-20-22(28)27-23(31-20)25-21(26-27)16-5-7-17(24)8-6-16/h4-9,12-14H,10-11H2,1-3H3. The number of ether oxygens (including phenoxy) is 2. The first-order valence-corrected chi connectivity index (χ1v) is 11.5. The Balaban J connectivity index is 1.63. The third kappa shape index (κ3) is 4.80. The van der Waals surface area contributed by atoms with Gasteiger partial charge in [-0.05, 0) is 48.2 Å². The van der Waals surface area contributed by atoms with Crippen molar-refractivity contribution in [3.63, 3.8) is 0 Å². The highest BCUT2D eigenvalue weighted by molar-refractivity contribution is 9.10. The molecule has 0 aliphatic carbocycles. The predicted molar refractivity (Wildman–Crippen MR) is 127 cm³/mol. The Morgan fingerprint density at radius 3 is 2.61 bits per heavy atom. The van der Waals surface area contributed by atoms with Crippen molar-refractivity contribution < 1.29 is 9.47 Å². The second kappa shape index (κ2) is 9.20. The minimum absolute atomic E-state index is 0.188. The molecule has 6 nitrogen and oxygen atoms in total. The van der Waals surface area contributed by atoms with Crippen molar-refractivity contribution in [3.8, 4) is 22.9 Å². The second-order valence-electron chi connectivity index (χ2n) is 7.49. The molecule has 0 N–H and O–H groups in total. The van der Waals surface area contributed by atoms with E-state index in [2.05, 4.69) is 39.9 Å². The molecule has 0 aliphatic heterocycles. The number of halogens is 1. The fraction of sp³-hybridized carbons (Fsp3) is 0.261. The molecule has 0 saturated heterocycles. The monoisotopic (exact) mass is 499 g/mol. The molecule has 8 heteroatoms. The fourth-order valence-corrected chi connectivity index (χ4v) is 4.18. The number of hydrogen-bond acceptors (Lipinski definition) is 6. The zero-order valence-corrected chi connectivity index (χ0v) is 19.9. The average Bonchev–Trinajstić information content (AvgIpc) is 3.28. The van der Waals surface area contributed by atoms with E-state index in [4.69, 9.17) is 9.47 Å². The maximum absolute atomic E-state index is 12.8. The summed E-state index contributed by atoms with van der Waals surface area (Å²) >= 11 is 4.73. The lowest BCUT2D eigenvalue weighted by molar-refractivity contribution is 0.273. The van der Waals surface area contributed by atoms with Crippen LogP contribution in [0, 0.1) is 5.92 Å². The molecule has 0 unspecified atom stereocenters. The molecule has 0 atom stereocenters. The number of methoxy groups -OCH3 is 1. The van der Waals surface area contributed by atoms with Crippen LogP contribution in [-0.2, 0) is 0 Å². The molecular weight excluding hydrogens is 478 g/mol. The van der Waals surface area contributed by atoms with Crippen molar-refractivity contribution in [2.75, 3.05) is 13.7 Å². The van der Waals surface area contributed by atoms with Crippen LogP contribution in [0.5, 0.6) is 11.5 Å². The van der Waals surface area contributed by atoms with Gasteiger partial charge in [0, 0.05) is 10.0 Å².